The molecule has 2 aliphatic rings. The van der Waals surface area contributed by atoms with Crippen molar-refractivity contribution in [1.82, 2.24) is 14.9 Å². The second-order valence-electron chi connectivity index (χ2n) is 6.83. The Bertz CT molecular complexity index is 988. The first-order chi connectivity index (χ1) is 13.0. The van der Waals surface area contributed by atoms with Gasteiger partial charge in [-0.15, -0.1) is 5.10 Å². The number of hydrogen-bond acceptors (Lipinski definition) is 6. The molecular weight excluding hydrogens is 366 g/mol. The molecule has 3 N–H and O–H groups in total. The van der Waals surface area contributed by atoms with Crippen LogP contribution < -0.4 is 15.4 Å². The van der Waals surface area contributed by atoms with E-state index < -0.39 is 16.1 Å². The van der Waals surface area contributed by atoms with Crippen LogP contribution in [0.5, 0.6) is 0 Å². The summed E-state index contributed by atoms with van der Waals surface area (Å²) in [5.41, 5.74) is 6.09. The minimum Gasteiger partial charge on any atom is -0.387 e. The second-order valence-corrected chi connectivity index (χ2v) is 8.46. The minimum atomic E-state index is -4.12. The number of urea groups is 1. The van der Waals surface area contributed by atoms with Crippen LogP contribution in [-0.4, -0.2) is 31.7 Å². The Labute approximate surface area is 157 Å². The van der Waals surface area contributed by atoms with E-state index in [1.165, 1.54) is 23.4 Å². The summed E-state index contributed by atoms with van der Waals surface area (Å²) in [6.07, 6.45) is 7.32. The third-order valence-electron chi connectivity index (χ3n) is 5.13. The van der Waals surface area contributed by atoms with Crippen molar-refractivity contribution in [3.05, 3.63) is 40.6 Å². The van der Waals surface area contributed by atoms with E-state index in [1.54, 1.807) is 7.05 Å². The quantitative estimate of drug-likeness (QED) is 0.740. The van der Waals surface area contributed by atoms with Gasteiger partial charge in [0.25, 0.3) is 10.0 Å². The van der Waals surface area contributed by atoms with Gasteiger partial charge in [-0.1, -0.05) is 6.07 Å². The smallest absolute Gasteiger partial charge is 0.333 e. The van der Waals surface area contributed by atoms with Gasteiger partial charge < -0.3 is 10.6 Å². The molecule has 1 aromatic heterocycles. The maximum atomic E-state index is 12.5. The first-order valence-electron chi connectivity index (χ1n) is 8.99. The fraction of sp³-hybridized carbons (Fsp3) is 0.389. The van der Waals surface area contributed by atoms with Gasteiger partial charge in [0.05, 0.1) is 11.9 Å². The molecule has 142 valence electrons. The molecular formula is C18H21N5O3S. The Balaban J connectivity index is 1.59. The molecule has 2 amide bonds. The predicted molar refractivity (Wildman–Crippen MR) is 101 cm³/mol. The van der Waals surface area contributed by atoms with Gasteiger partial charge in [0.2, 0.25) is 0 Å². The lowest BCUT2D eigenvalue weighted by Gasteiger charge is -2.16. The third-order valence-corrected chi connectivity index (χ3v) is 6.34. The summed E-state index contributed by atoms with van der Waals surface area (Å²) in [6.45, 7) is 0. The number of nitrogens with one attached hydrogen (secondary N) is 3. The van der Waals surface area contributed by atoms with Gasteiger partial charge in [-0.3, -0.25) is 0 Å². The summed E-state index contributed by atoms with van der Waals surface area (Å²) in [6, 6.07) is 2.80. The number of nitrogens with zero attached hydrogens (tertiary/aromatic N) is 2. The highest BCUT2D eigenvalue weighted by molar-refractivity contribution is 7.90. The SMILES string of the molecule is CNc1cnnc(S(=O)(=O)NC(=O)Nc2c3c(cc4c2CCC4)CCC3)c1. The molecule has 0 saturated heterocycles. The van der Waals surface area contributed by atoms with Crippen LogP contribution in [0, 0.1) is 0 Å². The summed E-state index contributed by atoms with van der Waals surface area (Å²) in [5.74, 6) is 0. The van der Waals surface area contributed by atoms with Gasteiger partial charge in [0, 0.05) is 18.8 Å². The first kappa shape index (κ1) is 17.7. The molecule has 4 rings (SSSR count). The Morgan fingerprint density at radius 3 is 2.33 bits per heavy atom. The molecule has 0 saturated carbocycles. The van der Waals surface area contributed by atoms with Crippen LogP contribution in [0.15, 0.2) is 23.4 Å². The number of sulfonamides is 1. The molecule has 0 radical (unpaired) electrons. The number of anilines is 2. The number of amides is 2. The minimum absolute atomic E-state index is 0.312. The van der Waals surface area contributed by atoms with Crippen LogP contribution in [0.2, 0.25) is 0 Å². The molecule has 2 aromatic rings. The topological polar surface area (TPSA) is 113 Å². The zero-order valence-corrected chi connectivity index (χ0v) is 15.8. The number of aromatic nitrogens is 2. The predicted octanol–water partition coefficient (Wildman–Crippen LogP) is 2.01. The Hall–Kier alpha value is -2.68. The van der Waals surface area contributed by atoms with Crippen molar-refractivity contribution >= 4 is 27.4 Å². The lowest BCUT2D eigenvalue weighted by atomic mass is 9.99. The normalized spacial score (nSPS) is 15.1. The van der Waals surface area contributed by atoms with Crippen LogP contribution in [0.25, 0.3) is 0 Å². The third kappa shape index (κ3) is 3.34. The van der Waals surface area contributed by atoms with Crippen molar-refractivity contribution in [2.24, 2.45) is 0 Å². The van der Waals surface area contributed by atoms with Crippen molar-refractivity contribution in [1.29, 1.82) is 0 Å². The summed E-state index contributed by atoms with van der Waals surface area (Å²) in [7, 11) is -2.47. The van der Waals surface area contributed by atoms with E-state index in [9.17, 15) is 13.2 Å². The van der Waals surface area contributed by atoms with Crippen LogP contribution in [0.4, 0.5) is 16.2 Å². The van der Waals surface area contributed by atoms with Crippen LogP contribution in [0.3, 0.4) is 0 Å². The molecule has 1 aromatic carbocycles. The lowest BCUT2D eigenvalue weighted by molar-refractivity contribution is 0.256. The largest absolute Gasteiger partial charge is 0.387 e. The van der Waals surface area contributed by atoms with Crippen LogP contribution >= 0.6 is 0 Å². The summed E-state index contributed by atoms with van der Waals surface area (Å²) in [5, 5.41) is 12.5. The molecule has 1 heterocycles. The monoisotopic (exact) mass is 387 g/mol. The fourth-order valence-corrected chi connectivity index (χ4v) is 4.73. The standard InChI is InChI=1S/C18H21N5O3S/c1-19-13-9-16(22-20-10-13)27(25,26)23-18(24)21-17-14-6-2-4-11(14)8-12-5-3-7-15(12)17/h8-10H,2-7H2,1H3,(H,19,22)(H2,21,23,24). The molecule has 8 nitrogen and oxygen atoms in total. The number of rotatable bonds is 4. The summed E-state index contributed by atoms with van der Waals surface area (Å²) >= 11 is 0. The molecule has 0 atom stereocenters. The Morgan fingerprint density at radius 2 is 1.70 bits per heavy atom. The number of carbonyl (C=O) groups excluding carboxylic acids is 1. The van der Waals surface area contributed by atoms with Crippen molar-refractivity contribution in [2.75, 3.05) is 17.7 Å². The summed E-state index contributed by atoms with van der Waals surface area (Å²) in [4.78, 5) is 12.5. The highest BCUT2D eigenvalue weighted by atomic mass is 32.2. The molecule has 0 spiro atoms. The molecule has 9 heteroatoms. The number of benzene rings is 1. The average Bonchev–Trinajstić information content (AvgIpc) is 3.30. The van der Waals surface area contributed by atoms with E-state index >= 15 is 0 Å². The van der Waals surface area contributed by atoms with Crippen molar-refractivity contribution in [3.63, 3.8) is 0 Å². The summed E-state index contributed by atoms with van der Waals surface area (Å²) < 4.78 is 27.0. The molecule has 0 unspecified atom stereocenters. The molecule has 27 heavy (non-hydrogen) atoms. The Morgan fingerprint density at radius 1 is 1.04 bits per heavy atom. The van der Waals surface area contributed by atoms with Gasteiger partial charge in [-0.2, -0.15) is 13.5 Å². The number of fused-ring (bicyclic) bond motifs is 2. The molecule has 2 aliphatic carbocycles. The second kappa shape index (κ2) is 6.80. The highest BCUT2D eigenvalue weighted by Crippen LogP contribution is 2.38. The van der Waals surface area contributed by atoms with Crippen molar-refractivity contribution < 1.29 is 13.2 Å². The van der Waals surface area contributed by atoms with E-state index in [2.05, 4.69) is 26.9 Å². The maximum Gasteiger partial charge on any atom is 0.333 e. The van der Waals surface area contributed by atoms with Gasteiger partial charge in [-0.25, -0.2) is 9.52 Å². The van der Waals surface area contributed by atoms with E-state index in [-0.39, 0.29) is 5.03 Å². The van der Waals surface area contributed by atoms with Gasteiger partial charge in [0.15, 0.2) is 5.03 Å². The van der Waals surface area contributed by atoms with Crippen LogP contribution in [0.1, 0.15) is 35.1 Å². The molecule has 0 bridgehead atoms. The maximum absolute atomic E-state index is 12.5. The van der Waals surface area contributed by atoms with Gasteiger partial charge in [-0.05, 0) is 60.8 Å². The van der Waals surface area contributed by atoms with E-state index in [0.29, 0.717) is 5.69 Å². The van der Waals surface area contributed by atoms with Crippen molar-refractivity contribution in [2.45, 2.75) is 43.6 Å². The zero-order valence-electron chi connectivity index (χ0n) is 15.0. The zero-order chi connectivity index (χ0) is 19.0. The van der Waals surface area contributed by atoms with E-state index in [0.717, 1.165) is 55.3 Å². The fourth-order valence-electron chi connectivity index (χ4n) is 3.90. The van der Waals surface area contributed by atoms with Gasteiger partial charge >= 0.3 is 6.03 Å². The number of carbonyl (C=O) groups is 1. The molecule has 0 aliphatic heterocycles. The number of aryl methyl sites for hydroxylation is 2. The van der Waals surface area contributed by atoms with E-state index in [4.69, 9.17) is 0 Å². The van der Waals surface area contributed by atoms with Crippen molar-refractivity contribution in [3.8, 4) is 0 Å². The first-order valence-corrected chi connectivity index (χ1v) is 10.5. The lowest BCUT2D eigenvalue weighted by Crippen LogP contribution is -2.35. The van der Waals surface area contributed by atoms with Crippen LogP contribution in [-0.2, 0) is 35.7 Å². The number of hydrogen-bond donors (Lipinski definition) is 3. The Kier molecular flexibility index (Phi) is 4.47. The average molecular weight is 387 g/mol. The molecule has 0 fully saturated rings. The van der Waals surface area contributed by atoms with Gasteiger partial charge in [0.1, 0.15) is 0 Å². The van der Waals surface area contributed by atoms with E-state index in [1.807, 2.05) is 4.72 Å². The highest BCUT2D eigenvalue weighted by Gasteiger charge is 2.26.